The van der Waals surface area contributed by atoms with Crippen molar-refractivity contribution >= 4 is 33.0 Å². The summed E-state index contributed by atoms with van der Waals surface area (Å²) in [4.78, 5) is 68.8. The number of alkyl halides is 4. The lowest BCUT2D eigenvalue weighted by Gasteiger charge is -2.19. The lowest BCUT2D eigenvalue weighted by molar-refractivity contribution is -0.139. The molecule has 2 atom stereocenters. The van der Waals surface area contributed by atoms with E-state index in [4.69, 9.17) is 31.0 Å². The second-order valence-electron chi connectivity index (χ2n) is 9.71. The van der Waals surface area contributed by atoms with E-state index in [2.05, 4.69) is 5.32 Å². The van der Waals surface area contributed by atoms with Gasteiger partial charge in [0, 0.05) is 23.1 Å². The van der Waals surface area contributed by atoms with Gasteiger partial charge in [0.2, 0.25) is 5.91 Å². The summed E-state index contributed by atoms with van der Waals surface area (Å²) in [6.07, 6.45) is -0.146. The van der Waals surface area contributed by atoms with Crippen LogP contribution in [0.15, 0.2) is 78.9 Å². The van der Waals surface area contributed by atoms with Gasteiger partial charge in [0.25, 0.3) is 5.91 Å². The summed E-state index contributed by atoms with van der Waals surface area (Å²) in [6.45, 7) is 0. The Kier molecular flexibility index (Phi) is 12.5. The summed E-state index contributed by atoms with van der Waals surface area (Å²) < 4.78 is 75.5. The molecule has 0 aliphatic rings. The number of carboxylic acids is 1. The molecule has 0 saturated heterocycles. The van der Waals surface area contributed by atoms with Crippen LogP contribution in [0.5, 0.6) is 0 Å². The van der Waals surface area contributed by atoms with Crippen LogP contribution in [-0.2, 0) is 42.9 Å². The highest BCUT2D eigenvalue weighted by Gasteiger charge is 2.51. The average molecular weight is 693 g/mol. The molecule has 0 heterocycles. The van der Waals surface area contributed by atoms with Crippen LogP contribution < -0.4 is 16.8 Å². The summed E-state index contributed by atoms with van der Waals surface area (Å²) in [6, 6.07) is 13.7. The zero-order chi connectivity index (χ0) is 35.1. The quantitative estimate of drug-likeness (QED) is 0.101. The number of primary amides is 1. The third kappa shape index (κ3) is 10.0. The molecule has 0 aliphatic heterocycles. The van der Waals surface area contributed by atoms with E-state index in [1.165, 1.54) is 24.3 Å². The predicted molar refractivity (Wildman–Crippen MR) is 155 cm³/mol. The van der Waals surface area contributed by atoms with Gasteiger partial charge in [0.15, 0.2) is 0 Å². The van der Waals surface area contributed by atoms with Crippen molar-refractivity contribution in [1.82, 2.24) is 5.32 Å². The number of nitrogens with two attached hydrogens (primary N) is 2. The molecule has 10 N–H and O–H groups in total. The second kappa shape index (κ2) is 15.1. The van der Waals surface area contributed by atoms with E-state index in [0.717, 1.165) is 36.4 Å². The Labute approximate surface area is 258 Å². The molecule has 0 saturated carbocycles. The number of hydrogen-bond acceptors (Lipinski definition) is 6. The Morgan fingerprint density at radius 2 is 1.11 bits per heavy atom. The predicted octanol–water partition coefficient (Wildman–Crippen LogP) is 2.61. The summed E-state index contributed by atoms with van der Waals surface area (Å²) in [5, 5.41) is 11.6. The van der Waals surface area contributed by atoms with Gasteiger partial charge in [-0.2, -0.15) is 17.6 Å². The van der Waals surface area contributed by atoms with E-state index in [1.54, 1.807) is 18.2 Å². The van der Waals surface area contributed by atoms with E-state index in [9.17, 15) is 46.2 Å². The summed E-state index contributed by atoms with van der Waals surface area (Å²) in [7, 11) is -11.3. The first-order valence-electron chi connectivity index (χ1n) is 12.8. The molecule has 3 rings (SSSR count). The maximum atomic E-state index is 13.6. The molecular weight excluding hydrogens is 664 g/mol. The minimum absolute atomic E-state index is 0.0527. The lowest BCUT2D eigenvalue weighted by Crippen LogP contribution is -2.42. The Morgan fingerprint density at radius 1 is 0.717 bits per heavy atom. The van der Waals surface area contributed by atoms with Crippen molar-refractivity contribution in [2.75, 3.05) is 0 Å². The van der Waals surface area contributed by atoms with Crippen LogP contribution in [-0.4, -0.2) is 54.5 Å². The number of nitrogens with one attached hydrogen (secondary N) is 1. The van der Waals surface area contributed by atoms with Gasteiger partial charge >= 0.3 is 32.5 Å². The van der Waals surface area contributed by atoms with Gasteiger partial charge in [0.05, 0.1) is 6.04 Å². The minimum atomic E-state index is -5.69. The first kappa shape index (κ1) is 38.2. The highest BCUT2D eigenvalue weighted by molar-refractivity contribution is 7.52. The van der Waals surface area contributed by atoms with Gasteiger partial charge < -0.3 is 41.5 Å². The normalized spacial score (nSPS) is 13.5. The number of carbonyl (C=O) groups excluding carboxylic acids is 2. The number of rotatable bonds is 12. The van der Waals surface area contributed by atoms with Crippen LogP contribution >= 0.6 is 15.2 Å². The number of benzene rings is 3. The van der Waals surface area contributed by atoms with Gasteiger partial charge in [-0.05, 0) is 29.7 Å². The third-order valence-electron chi connectivity index (χ3n) is 6.23. The van der Waals surface area contributed by atoms with Gasteiger partial charge in [0.1, 0.15) is 6.04 Å². The van der Waals surface area contributed by atoms with Crippen molar-refractivity contribution in [3.63, 3.8) is 0 Å². The minimum Gasteiger partial charge on any atom is -0.480 e. The zero-order valence-corrected chi connectivity index (χ0v) is 25.2. The maximum Gasteiger partial charge on any atom is 0.399 e. The van der Waals surface area contributed by atoms with Crippen molar-refractivity contribution in [2.45, 2.75) is 36.3 Å². The van der Waals surface area contributed by atoms with Crippen LogP contribution in [0.3, 0.4) is 0 Å². The molecule has 0 radical (unpaired) electrons. The molecule has 3 aromatic rings. The van der Waals surface area contributed by atoms with Crippen molar-refractivity contribution in [3.8, 4) is 0 Å². The highest BCUT2D eigenvalue weighted by Crippen LogP contribution is 2.60. The molecule has 0 aliphatic carbocycles. The summed E-state index contributed by atoms with van der Waals surface area (Å²) >= 11 is 0. The number of amides is 2. The number of carbonyl (C=O) groups is 3. The summed E-state index contributed by atoms with van der Waals surface area (Å²) in [5.41, 5.74) is 1.06. The van der Waals surface area contributed by atoms with Gasteiger partial charge in [-0.3, -0.25) is 18.7 Å². The molecule has 0 aromatic heterocycles. The molecule has 46 heavy (non-hydrogen) atoms. The molecular formula is C27H29F4N3O10P2. The Balaban J connectivity index is 0.000000341. The maximum absolute atomic E-state index is 13.6. The van der Waals surface area contributed by atoms with Crippen molar-refractivity contribution in [1.29, 1.82) is 0 Å². The van der Waals surface area contributed by atoms with Crippen molar-refractivity contribution < 1.29 is 65.8 Å². The largest absolute Gasteiger partial charge is 0.480 e. The number of carboxylic acid groups (broad SMARTS) is 1. The monoisotopic (exact) mass is 693 g/mol. The third-order valence-corrected chi connectivity index (χ3v) is 8.21. The van der Waals surface area contributed by atoms with E-state index >= 15 is 0 Å². The molecule has 2 amide bonds. The van der Waals surface area contributed by atoms with Crippen LogP contribution in [0, 0.1) is 0 Å². The van der Waals surface area contributed by atoms with E-state index < -0.39 is 67.5 Å². The van der Waals surface area contributed by atoms with Crippen LogP contribution in [0.1, 0.15) is 32.6 Å². The second-order valence-corrected chi connectivity index (χ2v) is 13.0. The first-order valence-corrected chi connectivity index (χ1v) is 16.0. The number of halogens is 4. The Bertz CT molecular complexity index is 1620. The lowest BCUT2D eigenvalue weighted by atomic mass is 10.0. The smallest absolute Gasteiger partial charge is 0.399 e. The van der Waals surface area contributed by atoms with Crippen molar-refractivity contribution in [3.05, 3.63) is 107 Å². The van der Waals surface area contributed by atoms with E-state index in [0.29, 0.717) is 11.1 Å². The average Bonchev–Trinajstić information content (AvgIpc) is 2.97. The zero-order valence-electron chi connectivity index (χ0n) is 23.4. The van der Waals surface area contributed by atoms with Gasteiger partial charge in [-0.1, -0.05) is 66.7 Å². The fourth-order valence-electron chi connectivity index (χ4n) is 3.64. The molecule has 0 bridgehead atoms. The summed E-state index contributed by atoms with van der Waals surface area (Å²) in [5.74, 6) is -2.65. The molecule has 250 valence electrons. The van der Waals surface area contributed by atoms with Gasteiger partial charge in [-0.25, -0.2) is 4.79 Å². The van der Waals surface area contributed by atoms with Crippen molar-refractivity contribution in [2.24, 2.45) is 11.5 Å². The van der Waals surface area contributed by atoms with Gasteiger partial charge in [-0.15, -0.1) is 0 Å². The number of hydrogen-bond donors (Lipinski definition) is 8. The van der Waals surface area contributed by atoms with Crippen LogP contribution in [0.25, 0.3) is 0 Å². The molecule has 0 unspecified atom stereocenters. The molecule has 19 heteroatoms. The molecule has 3 aromatic carbocycles. The topological polar surface area (TPSA) is 251 Å². The SMILES string of the molecule is NC(=O)[C@@H](N)Cc1ccc(C(F)(F)P(=O)(O)O)cc1.O=C(N[C@H](Cc1ccc(C(F)(F)P(=O)(O)O)cc1)C(=O)O)c1ccccc1. The molecule has 0 fully saturated rings. The Hall–Kier alpha value is -3.95. The van der Waals surface area contributed by atoms with Crippen LogP contribution in [0.4, 0.5) is 17.6 Å². The van der Waals surface area contributed by atoms with E-state index in [1.807, 2.05) is 0 Å². The Morgan fingerprint density at radius 3 is 1.46 bits per heavy atom. The van der Waals surface area contributed by atoms with Crippen LogP contribution in [0.2, 0.25) is 0 Å². The fourth-order valence-corrected chi connectivity index (χ4v) is 4.61. The first-order chi connectivity index (χ1) is 21.1. The molecule has 13 nitrogen and oxygen atoms in total. The standard InChI is InChI=1S/C17H16F2NO6P.C10H13F2N2O4P/c18-17(19,27(24,25)26)13-8-6-11(7-9-13)10-14(16(22)23)20-15(21)12-4-2-1-3-5-12;11-10(12,19(16,17)18)7-3-1-6(2-4-7)5-8(13)9(14)15/h1-9,14H,10H2,(H,20,21)(H,22,23)(H2,24,25,26);1-4,8H,5,13H2,(H2,14,15)(H2,16,17,18)/t14-;8-/m10/s1. The van der Waals surface area contributed by atoms with E-state index in [-0.39, 0.29) is 18.4 Å². The fraction of sp³-hybridized carbons (Fsp3) is 0.222. The number of aliphatic carboxylic acids is 1. The molecule has 0 spiro atoms. The highest BCUT2D eigenvalue weighted by atomic mass is 31.2.